The summed E-state index contributed by atoms with van der Waals surface area (Å²) < 4.78 is 0. The Hall–Kier alpha value is -2.37. The van der Waals surface area contributed by atoms with Gasteiger partial charge in [-0.15, -0.1) is 0 Å². The third kappa shape index (κ3) is 3.44. The van der Waals surface area contributed by atoms with Crippen LogP contribution in [-0.4, -0.2) is 13.1 Å². The predicted molar refractivity (Wildman–Crippen MR) is 90.3 cm³/mol. The quantitative estimate of drug-likeness (QED) is 0.928. The maximum atomic E-state index is 8.98. The van der Waals surface area contributed by atoms with E-state index in [2.05, 4.69) is 53.9 Å². The highest BCUT2D eigenvalue weighted by Crippen LogP contribution is 2.28. The van der Waals surface area contributed by atoms with Gasteiger partial charge in [0, 0.05) is 0 Å². The van der Waals surface area contributed by atoms with Crippen molar-refractivity contribution in [3.05, 3.63) is 76.9 Å². The molecule has 0 saturated carbocycles. The highest BCUT2D eigenvalue weighted by atomic mass is 14.9. The van der Waals surface area contributed by atoms with Crippen LogP contribution in [0, 0.1) is 11.3 Å². The van der Waals surface area contributed by atoms with Gasteiger partial charge in [0.2, 0.25) is 0 Å². The topological polar surface area (TPSA) is 35.8 Å². The first-order valence-electron chi connectivity index (χ1n) is 7.83. The normalized spacial score (nSPS) is 14.4. The van der Waals surface area contributed by atoms with E-state index in [1.807, 2.05) is 12.1 Å². The molecule has 22 heavy (non-hydrogen) atoms. The zero-order valence-electron chi connectivity index (χ0n) is 12.7. The number of allylic oxidation sites excluding steroid dienone is 1. The molecule has 0 atom stereocenters. The minimum atomic E-state index is 0.720. The minimum Gasteiger partial charge on any atom is -0.316 e. The molecule has 2 heteroatoms. The van der Waals surface area contributed by atoms with Crippen molar-refractivity contribution in [1.82, 2.24) is 5.32 Å². The summed E-state index contributed by atoms with van der Waals surface area (Å²) in [7, 11) is 0. The summed E-state index contributed by atoms with van der Waals surface area (Å²) in [5, 5.41) is 12.4. The Morgan fingerprint density at radius 1 is 0.955 bits per heavy atom. The molecule has 0 bridgehead atoms. The number of nitriles is 1. The van der Waals surface area contributed by atoms with Gasteiger partial charge >= 0.3 is 0 Å². The van der Waals surface area contributed by atoms with Crippen molar-refractivity contribution in [2.24, 2.45) is 0 Å². The summed E-state index contributed by atoms with van der Waals surface area (Å²) in [5.74, 6) is 0. The second-order valence-corrected chi connectivity index (χ2v) is 5.68. The smallest absolute Gasteiger partial charge is 0.0991 e. The maximum Gasteiger partial charge on any atom is 0.0991 e. The van der Waals surface area contributed by atoms with E-state index in [9.17, 15) is 0 Å². The lowest BCUT2D eigenvalue weighted by Crippen LogP contribution is -2.24. The summed E-state index contributed by atoms with van der Waals surface area (Å²) in [6.07, 6.45) is 3.19. The number of nitrogens with zero attached hydrogens (tertiary/aromatic N) is 1. The van der Waals surface area contributed by atoms with Gasteiger partial charge in [0.05, 0.1) is 11.6 Å². The lowest BCUT2D eigenvalue weighted by atomic mass is 9.89. The largest absolute Gasteiger partial charge is 0.316 e. The van der Waals surface area contributed by atoms with Gasteiger partial charge < -0.3 is 5.32 Å². The first kappa shape index (κ1) is 14.6. The van der Waals surface area contributed by atoms with Crippen LogP contribution in [0.1, 0.15) is 29.5 Å². The molecule has 1 heterocycles. The van der Waals surface area contributed by atoms with Crippen LogP contribution in [-0.2, 0) is 6.42 Å². The Morgan fingerprint density at radius 3 is 2.27 bits per heavy atom. The Balaban J connectivity index is 1.96. The molecule has 110 valence electrons. The van der Waals surface area contributed by atoms with Crippen LogP contribution in [0.15, 0.2) is 60.2 Å². The SMILES string of the molecule is N#Cc1ccc(C(Cc2ccccc2)=C2CCNCC2)cc1. The molecule has 2 aromatic rings. The monoisotopic (exact) mass is 288 g/mol. The van der Waals surface area contributed by atoms with Crippen molar-refractivity contribution in [3.63, 3.8) is 0 Å². The number of hydrogen-bond acceptors (Lipinski definition) is 2. The van der Waals surface area contributed by atoms with Gasteiger partial charge in [-0.2, -0.15) is 5.26 Å². The number of nitrogens with one attached hydrogen (secondary N) is 1. The van der Waals surface area contributed by atoms with Gasteiger partial charge in [-0.25, -0.2) is 0 Å². The molecule has 0 spiro atoms. The van der Waals surface area contributed by atoms with Crippen LogP contribution in [0.5, 0.6) is 0 Å². The Morgan fingerprint density at radius 2 is 1.64 bits per heavy atom. The van der Waals surface area contributed by atoms with Crippen LogP contribution in [0.3, 0.4) is 0 Å². The molecular formula is C20H20N2. The lowest BCUT2D eigenvalue weighted by Gasteiger charge is -2.21. The molecule has 1 fully saturated rings. The van der Waals surface area contributed by atoms with E-state index in [1.165, 1.54) is 16.7 Å². The zero-order chi connectivity index (χ0) is 15.2. The summed E-state index contributed by atoms with van der Waals surface area (Å²) >= 11 is 0. The zero-order valence-corrected chi connectivity index (χ0v) is 12.7. The van der Waals surface area contributed by atoms with Crippen LogP contribution >= 0.6 is 0 Å². The van der Waals surface area contributed by atoms with Crippen molar-refractivity contribution >= 4 is 5.57 Å². The van der Waals surface area contributed by atoms with Gasteiger partial charge in [0.1, 0.15) is 0 Å². The summed E-state index contributed by atoms with van der Waals surface area (Å²) in [4.78, 5) is 0. The van der Waals surface area contributed by atoms with E-state index in [0.29, 0.717) is 0 Å². The maximum absolute atomic E-state index is 8.98. The third-order valence-corrected chi connectivity index (χ3v) is 4.22. The second kappa shape index (κ2) is 7.06. The first-order valence-corrected chi connectivity index (χ1v) is 7.83. The average molecular weight is 288 g/mol. The van der Waals surface area contributed by atoms with E-state index < -0.39 is 0 Å². The second-order valence-electron chi connectivity index (χ2n) is 5.68. The molecule has 1 aliphatic rings. The minimum absolute atomic E-state index is 0.720. The summed E-state index contributed by atoms with van der Waals surface area (Å²) in [5.41, 5.74) is 6.29. The molecule has 0 radical (unpaired) electrons. The number of hydrogen-bond donors (Lipinski definition) is 1. The number of piperidine rings is 1. The molecule has 2 aromatic carbocycles. The standard InChI is InChI=1S/C20H20N2/c21-15-17-6-8-18(9-7-17)20(19-10-12-22-13-11-19)14-16-4-2-1-3-5-16/h1-9,22H,10-14H2. The van der Waals surface area contributed by atoms with Gasteiger partial charge in [-0.1, -0.05) is 48.0 Å². The van der Waals surface area contributed by atoms with Crippen molar-refractivity contribution in [3.8, 4) is 6.07 Å². The average Bonchev–Trinajstić information content (AvgIpc) is 2.61. The van der Waals surface area contributed by atoms with Crippen molar-refractivity contribution in [2.45, 2.75) is 19.3 Å². The highest BCUT2D eigenvalue weighted by Gasteiger charge is 2.13. The van der Waals surface area contributed by atoms with E-state index in [0.717, 1.165) is 37.9 Å². The fraction of sp³-hybridized carbons (Fsp3) is 0.250. The van der Waals surface area contributed by atoms with Gasteiger partial charge in [-0.3, -0.25) is 0 Å². The molecule has 0 aromatic heterocycles. The molecule has 0 aliphatic carbocycles. The Kier molecular flexibility index (Phi) is 4.68. The van der Waals surface area contributed by atoms with E-state index in [4.69, 9.17) is 5.26 Å². The summed E-state index contributed by atoms with van der Waals surface area (Å²) in [6, 6.07) is 20.8. The molecular weight excluding hydrogens is 268 g/mol. The fourth-order valence-electron chi connectivity index (χ4n) is 3.01. The molecule has 0 amide bonds. The van der Waals surface area contributed by atoms with Crippen molar-refractivity contribution in [1.29, 1.82) is 5.26 Å². The van der Waals surface area contributed by atoms with Gasteiger partial charge in [0.15, 0.2) is 0 Å². The highest BCUT2D eigenvalue weighted by molar-refractivity contribution is 5.71. The van der Waals surface area contributed by atoms with Crippen molar-refractivity contribution < 1.29 is 0 Å². The van der Waals surface area contributed by atoms with Crippen LogP contribution in [0.25, 0.3) is 5.57 Å². The van der Waals surface area contributed by atoms with E-state index in [-0.39, 0.29) is 0 Å². The predicted octanol–water partition coefficient (Wildman–Crippen LogP) is 3.94. The Bertz CT molecular complexity index is 683. The van der Waals surface area contributed by atoms with Crippen LogP contribution in [0.2, 0.25) is 0 Å². The molecule has 3 rings (SSSR count). The molecule has 1 N–H and O–H groups in total. The first-order chi connectivity index (χ1) is 10.9. The van der Waals surface area contributed by atoms with E-state index >= 15 is 0 Å². The molecule has 1 saturated heterocycles. The number of benzene rings is 2. The molecule has 2 nitrogen and oxygen atoms in total. The third-order valence-electron chi connectivity index (χ3n) is 4.22. The number of rotatable bonds is 3. The van der Waals surface area contributed by atoms with E-state index in [1.54, 1.807) is 5.57 Å². The van der Waals surface area contributed by atoms with Gasteiger partial charge in [0.25, 0.3) is 0 Å². The lowest BCUT2D eigenvalue weighted by molar-refractivity contribution is 0.610. The fourth-order valence-corrected chi connectivity index (χ4v) is 3.01. The van der Waals surface area contributed by atoms with Crippen LogP contribution in [0.4, 0.5) is 0 Å². The summed E-state index contributed by atoms with van der Waals surface area (Å²) in [6.45, 7) is 2.12. The van der Waals surface area contributed by atoms with Crippen LogP contribution < -0.4 is 5.32 Å². The molecule has 0 unspecified atom stereocenters. The molecule has 1 aliphatic heterocycles. The van der Waals surface area contributed by atoms with Crippen molar-refractivity contribution in [2.75, 3.05) is 13.1 Å². The van der Waals surface area contributed by atoms with Gasteiger partial charge in [-0.05, 0) is 61.2 Å². The Labute approximate surface area is 132 Å².